The Labute approximate surface area is 423 Å². The number of aliphatic hydroxyl groups excluding tert-OH is 1. The highest BCUT2D eigenvalue weighted by molar-refractivity contribution is 15.0. The number of ether oxygens (including phenoxy) is 3. The third-order valence-electron chi connectivity index (χ3n) is 7.43. The summed E-state index contributed by atoms with van der Waals surface area (Å²) in [4.78, 5) is 63.7. The van der Waals surface area contributed by atoms with Crippen molar-refractivity contribution in [3.8, 4) is 0 Å². The van der Waals surface area contributed by atoms with E-state index in [1.165, 1.54) is 51.7 Å². The number of nitrogens with one attached hydrogen (secondary N) is 1. The Morgan fingerprint density at radius 3 is 1.28 bits per heavy atom. The predicted molar refractivity (Wildman–Crippen MR) is 277 cm³/mol. The number of non-ortho nitro benzene ring substituents is 2. The minimum Gasteiger partial charge on any atom is -0.478 e. The number of halogens is 3. The number of hydrogen-bond acceptors (Lipinski definition) is 17. The number of benzene rings is 4. The Hall–Kier alpha value is -5.23. The molecule has 0 aliphatic heterocycles. The number of sulfonamides is 1. The van der Waals surface area contributed by atoms with Crippen molar-refractivity contribution >= 4 is 114 Å². The van der Waals surface area contributed by atoms with Crippen molar-refractivity contribution in [2.24, 2.45) is 0 Å². The lowest BCUT2D eigenvalue weighted by molar-refractivity contribution is -0.385. The smallest absolute Gasteiger partial charge is 0.338 e. The molecule has 0 aromatic heterocycles. The SMILES string of the molecule is CCCS(=O)(=O)Cl.CCCS(=O)(=O)Nc1cc(C)cc(C(=O)OC)c1.CO.COC(=O)c1cc(C)cc(N)c1.COC(=O)c1cc(C)cc([N+](=O)[O-])c1.Cc1cc(C(=O)O)cc([N+](=O)[O-])c1.II. The molecule has 0 atom stereocenters. The summed E-state index contributed by atoms with van der Waals surface area (Å²) in [5.41, 5.74) is 10.1. The van der Waals surface area contributed by atoms with E-state index >= 15 is 0 Å². The Kier molecular flexibility index (Phi) is 34.5. The lowest BCUT2D eigenvalue weighted by atomic mass is 10.1. The van der Waals surface area contributed by atoms with E-state index in [1.807, 2.05) is 6.92 Å². The minimum absolute atomic E-state index is 0.0501. The zero-order valence-corrected chi connectivity index (χ0v) is 45.4. The minimum atomic E-state index is -3.35. The average Bonchev–Trinajstić information content (AvgIpc) is 3.26. The second kappa shape index (κ2) is 35.0. The lowest BCUT2D eigenvalue weighted by Crippen LogP contribution is -2.16. The number of methoxy groups -OCH3 is 3. The van der Waals surface area contributed by atoms with E-state index in [4.69, 9.17) is 26.6 Å². The fraction of sp³-hybridized carbons (Fsp3) is 0.333. The summed E-state index contributed by atoms with van der Waals surface area (Å²) >= 11 is 4.24. The van der Waals surface area contributed by atoms with Crippen molar-refractivity contribution < 1.29 is 70.3 Å². The molecule has 378 valence electrons. The van der Waals surface area contributed by atoms with Gasteiger partial charge in [-0.2, -0.15) is 0 Å². The molecule has 0 unspecified atom stereocenters. The molecule has 26 heteroatoms. The van der Waals surface area contributed by atoms with Crippen LogP contribution in [-0.4, -0.2) is 101 Å². The summed E-state index contributed by atoms with van der Waals surface area (Å²) in [6.07, 6.45) is 1.12. The summed E-state index contributed by atoms with van der Waals surface area (Å²) in [7, 11) is 3.11. The molecule has 21 nitrogen and oxygen atoms in total. The third kappa shape index (κ3) is 29.5. The average molecular weight is 1240 g/mol. The monoisotopic (exact) mass is 1240 g/mol. The van der Waals surface area contributed by atoms with Crippen molar-refractivity contribution in [1.82, 2.24) is 0 Å². The number of carboxylic acids is 1. The predicted octanol–water partition coefficient (Wildman–Crippen LogP) is 8.93. The van der Waals surface area contributed by atoms with Crippen LogP contribution >= 0.6 is 47.9 Å². The highest BCUT2D eigenvalue weighted by atomic mass is 128. The quantitative estimate of drug-likeness (QED) is 0.0195. The van der Waals surface area contributed by atoms with Crippen LogP contribution in [0, 0.1) is 47.9 Å². The molecule has 4 aromatic carbocycles. The van der Waals surface area contributed by atoms with Crippen LogP contribution in [-0.2, 0) is 33.3 Å². The van der Waals surface area contributed by atoms with E-state index in [9.17, 15) is 56.2 Å². The Bertz CT molecular complexity index is 2480. The number of nitrogens with zero attached hydrogens (tertiary/aromatic N) is 2. The number of carbonyl (C=O) groups is 4. The Morgan fingerprint density at radius 2 is 0.956 bits per heavy atom. The van der Waals surface area contributed by atoms with E-state index in [1.54, 1.807) is 71.0 Å². The van der Waals surface area contributed by atoms with Gasteiger partial charge in [-0.3, -0.25) is 25.0 Å². The zero-order chi connectivity index (χ0) is 53.5. The number of aryl methyl sites for hydroxylation is 4. The first-order valence-corrected chi connectivity index (χ1v) is 29.5. The van der Waals surface area contributed by atoms with Gasteiger partial charge in [-0.1, -0.05) is 13.8 Å². The maximum atomic E-state index is 11.6. The molecular formula is C42H55ClI2N4O17S2. The second-order valence-corrected chi connectivity index (χ2v) is 18.0. The number of aromatic carboxylic acids is 1. The molecule has 0 fully saturated rings. The largest absolute Gasteiger partial charge is 0.478 e. The number of nitrogen functional groups attached to an aromatic ring is 1. The number of rotatable bonds is 12. The van der Waals surface area contributed by atoms with Crippen LogP contribution in [0.2, 0.25) is 0 Å². The van der Waals surface area contributed by atoms with E-state index in [2.05, 4.69) is 56.2 Å². The molecule has 4 aromatic rings. The van der Waals surface area contributed by atoms with Crippen LogP contribution in [0.4, 0.5) is 22.7 Å². The molecule has 0 heterocycles. The third-order valence-corrected chi connectivity index (χ3v) is 10.3. The number of aliphatic hydroxyl groups is 1. The molecule has 0 saturated carbocycles. The van der Waals surface area contributed by atoms with Gasteiger partial charge in [0.15, 0.2) is 0 Å². The molecule has 0 aliphatic carbocycles. The molecule has 5 N–H and O–H groups in total. The molecule has 0 amide bonds. The normalized spacial score (nSPS) is 9.79. The fourth-order valence-electron chi connectivity index (χ4n) is 4.97. The van der Waals surface area contributed by atoms with Crippen LogP contribution in [0.3, 0.4) is 0 Å². The molecule has 4 rings (SSSR count). The van der Waals surface area contributed by atoms with Gasteiger partial charge in [-0.25, -0.2) is 36.0 Å². The van der Waals surface area contributed by atoms with Crippen molar-refractivity contribution in [2.75, 3.05) is 50.4 Å². The van der Waals surface area contributed by atoms with Gasteiger partial charge in [0.25, 0.3) is 11.4 Å². The van der Waals surface area contributed by atoms with Gasteiger partial charge in [0.1, 0.15) is 0 Å². The van der Waals surface area contributed by atoms with Crippen LogP contribution in [0.5, 0.6) is 0 Å². The van der Waals surface area contributed by atoms with Gasteiger partial charge in [0, 0.05) is 90.7 Å². The first kappa shape index (κ1) is 67.0. The van der Waals surface area contributed by atoms with E-state index in [0.29, 0.717) is 46.5 Å². The van der Waals surface area contributed by atoms with Crippen LogP contribution in [0.1, 0.15) is 90.4 Å². The van der Waals surface area contributed by atoms with Crippen LogP contribution < -0.4 is 10.5 Å². The van der Waals surface area contributed by atoms with Gasteiger partial charge >= 0.3 is 23.9 Å². The van der Waals surface area contributed by atoms with Crippen molar-refractivity contribution in [2.45, 2.75) is 54.4 Å². The summed E-state index contributed by atoms with van der Waals surface area (Å²) in [5.74, 6) is -2.45. The van der Waals surface area contributed by atoms with E-state index in [-0.39, 0.29) is 40.0 Å². The lowest BCUT2D eigenvalue weighted by Gasteiger charge is -2.09. The van der Waals surface area contributed by atoms with Crippen LogP contribution in [0.25, 0.3) is 0 Å². The highest BCUT2D eigenvalue weighted by Gasteiger charge is 2.15. The highest BCUT2D eigenvalue weighted by Crippen LogP contribution is 2.19. The van der Waals surface area contributed by atoms with E-state index < -0.39 is 46.8 Å². The number of carbonyl (C=O) groups excluding carboxylic acids is 3. The number of nitrogens with two attached hydrogens (primary N) is 1. The molecule has 0 spiro atoms. The van der Waals surface area contributed by atoms with Gasteiger partial charge in [-0.15, -0.1) is 0 Å². The molecule has 0 bridgehead atoms. The number of nitro benzene ring substituents is 2. The number of esters is 3. The molecular weight excluding hydrogens is 1190 g/mol. The Morgan fingerprint density at radius 1 is 0.618 bits per heavy atom. The molecule has 68 heavy (non-hydrogen) atoms. The maximum absolute atomic E-state index is 11.6. The topological polar surface area (TPSA) is 329 Å². The Balaban J connectivity index is -0.000000779. The molecule has 0 radical (unpaired) electrons. The second-order valence-electron chi connectivity index (χ2n) is 13.3. The first-order valence-electron chi connectivity index (χ1n) is 19.1. The van der Waals surface area contributed by atoms with E-state index in [0.717, 1.165) is 24.3 Å². The number of anilines is 2. The van der Waals surface area contributed by atoms with Gasteiger partial charge < -0.3 is 30.2 Å². The summed E-state index contributed by atoms with van der Waals surface area (Å²) in [5, 5.41) is 36.4. The zero-order valence-electron chi connectivity index (χ0n) is 38.7. The summed E-state index contributed by atoms with van der Waals surface area (Å²) in [6, 6.07) is 17.8. The molecule has 0 saturated heterocycles. The number of hydrogen-bond donors (Lipinski definition) is 4. The first-order chi connectivity index (χ1) is 31.6. The van der Waals surface area contributed by atoms with Crippen molar-refractivity contribution in [3.63, 3.8) is 0 Å². The van der Waals surface area contributed by atoms with Gasteiger partial charge in [-0.05, 0) is 111 Å². The fourth-order valence-corrected chi connectivity index (χ4v) is 7.03. The van der Waals surface area contributed by atoms with Gasteiger partial charge in [0.2, 0.25) is 19.1 Å². The summed E-state index contributed by atoms with van der Waals surface area (Å²) < 4.78 is 59.3. The number of carboxylic acid groups (broad SMARTS) is 1. The maximum Gasteiger partial charge on any atom is 0.338 e. The molecule has 0 aliphatic rings. The van der Waals surface area contributed by atoms with Gasteiger partial charge in [0.05, 0.1) is 64.9 Å². The standard InChI is InChI=1S/C12H17NO4S.C9H9NO4.C9H11NO2.C8H7NO4.C3H7ClO2S.CH4O.I2/c1-4-5-18(15,16)13-11-7-9(2)6-10(8-11)12(14)17-3;1-6-3-7(9(11)14-2)5-8(4-6)10(12)13;1-6-3-7(9(11)12-2)5-8(10)4-6;1-5-2-6(8(10)11)4-7(3-5)9(12)13;1-2-3-7(4,5)6;2*1-2/h6-8,13H,4-5H2,1-3H3;3-5H,1-2H3;3-5H,10H2,1-2H3;2-4H,1H3,(H,10,11);2-3H2,1H3;2H,1H3;. The van der Waals surface area contributed by atoms with Crippen molar-refractivity contribution in [3.05, 3.63) is 138 Å². The van der Waals surface area contributed by atoms with Crippen LogP contribution in [0.15, 0.2) is 72.8 Å². The van der Waals surface area contributed by atoms with Crippen molar-refractivity contribution in [1.29, 1.82) is 0 Å². The number of nitro groups is 2. The summed E-state index contributed by atoms with van der Waals surface area (Å²) in [6.45, 7) is 10.5.